The molecule has 2 aromatic rings. The molecular weight excluding hydrogens is 685 g/mol. The van der Waals surface area contributed by atoms with Gasteiger partial charge in [0.25, 0.3) is 0 Å². The average molecular weight is 716 g/mol. The lowest BCUT2D eigenvalue weighted by Gasteiger charge is -2.23. The maximum absolute atomic E-state index is 14.0. The number of carbonyl (C=O) groups is 5. The van der Waals surface area contributed by atoms with Crippen molar-refractivity contribution in [1.29, 1.82) is 0 Å². The van der Waals surface area contributed by atoms with E-state index in [1.807, 2.05) is 0 Å². The number of azide groups is 1. The van der Waals surface area contributed by atoms with Gasteiger partial charge in [0.2, 0.25) is 51.8 Å². The van der Waals surface area contributed by atoms with Crippen molar-refractivity contribution in [2.24, 2.45) is 5.11 Å². The highest BCUT2D eigenvalue weighted by Gasteiger charge is 2.37. The second kappa shape index (κ2) is 19.0. The van der Waals surface area contributed by atoms with E-state index in [-0.39, 0.29) is 62.5 Å². The molecule has 0 radical (unpaired) electrons. The quantitative estimate of drug-likeness (QED) is 0.0212. The molecule has 3 rings (SSSR count). The number of rotatable bonds is 16. The highest BCUT2D eigenvalue weighted by atomic mass is 32.2. The molecule has 0 spiro atoms. The number of nitrogens with one attached hydrogen (secondary N) is 1. The summed E-state index contributed by atoms with van der Waals surface area (Å²) in [6, 6.07) is 6.40. The molecule has 0 aromatic heterocycles. The first-order valence-corrected chi connectivity index (χ1v) is 16.5. The van der Waals surface area contributed by atoms with E-state index < -0.39 is 69.8 Å². The minimum atomic E-state index is -2.42. The predicted molar refractivity (Wildman–Crippen MR) is 165 cm³/mol. The molecule has 1 aliphatic rings. The molecule has 1 saturated heterocycles. The van der Waals surface area contributed by atoms with Crippen LogP contribution in [0.2, 0.25) is 0 Å². The number of halogens is 5. The second-order valence-corrected chi connectivity index (χ2v) is 12.6. The van der Waals surface area contributed by atoms with E-state index in [0.717, 1.165) is 16.7 Å². The van der Waals surface area contributed by atoms with Crippen molar-refractivity contribution in [2.75, 3.05) is 18.8 Å². The summed E-state index contributed by atoms with van der Waals surface area (Å²) in [4.78, 5) is 68.1. The first-order valence-electron chi connectivity index (χ1n) is 14.7. The zero-order valence-corrected chi connectivity index (χ0v) is 26.9. The fourth-order valence-electron chi connectivity index (χ4n) is 4.60. The lowest BCUT2D eigenvalue weighted by molar-refractivity contribution is -0.146. The summed E-state index contributed by atoms with van der Waals surface area (Å²) >= 11 is 1.70. The Kier molecular flexibility index (Phi) is 15.2. The van der Waals surface area contributed by atoms with Gasteiger partial charge in [-0.25, -0.2) is 18.0 Å². The Hall–Kier alpha value is -4.15. The molecule has 18 heteroatoms. The van der Waals surface area contributed by atoms with Crippen LogP contribution in [0.15, 0.2) is 40.3 Å². The maximum atomic E-state index is 14.0. The molecule has 1 N–H and O–H groups in total. The maximum Gasteiger partial charge on any atom is 0.334 e. The zero-order chi connectivity index (χ0) is 35.2. The van der Waals surface area contributed by atoms with Gasteiger partial charge in [-0.2, -0.15) is 8.78 Å². The van der Waals surface area contributed by atoms with Crippen molar-refractivity contribution in [2.45, 2.75) is 68.3 Å². The van der Waals surface area contributed by atoms with Crippen molar-refractivity contribution < 1.29 is 50.7 Å². The summed E-state index contributed by atoms with van der Waals surface area (Å²) in [5.41, 5.74) is 8.36. The van der Waals surface area contributed by atoms with Gasteiger partial charge in [0.05, 0.1) is 6.04 Å². The molecule has 2 atom stereocenters. The van der Waals surface area contributed by atoms with E-state index in [1.165, 1.54) is 0 Å². The van der Waals surface area contributed by atoms with Crippen LogP contribution in [-0.4, -0.2) is 63.8 Å². The van der Waals surface area contributed by atoms with E-state index in [4.69, 9.17) is 5.53 Å². The smallest absolute Gasteiger partial charge is 0.334 e. The summed E-state index contributed by atoms with van der Waals surface area (Å²) in [7, 11) is 0. The highest BCUT2D eigenvalue weighted by molar-refractivity contribution is 8.14. The largest absolute Gasteiger partial charge is 0.418 e. The summed E-state index contributed by atoms with van der Waals surface area (Å²) in [6.45, 7) is 0.238. The van der Waals surface area contributed by atoms with Gasteiger partial charge < -0.3 is 15.0 Å². The SMILES string of the molecule is [N-]=[N+]=NCCCCC(=O)N[C@@H](CCC(=O)Sc1ccccc1)C(=O)SCCC(=O)N1CCC[C@@H]1C(=O)Oc1c(F)c(F)c(F)c(F)c1F. The number of thioether (sulfide) groups is 2. The average Bonchev–Trinajstić information content (AvgIpc) is 3.57. The summed E-state index contributed by atoms with van der Waals surface area (Å²) in [5, 5.41) is 5.25. The number of likely N-dealkylation sites (tertiary alicyclic amines) is 1. The zero-order valence-electron chi connectivity index (χ0n) is 25.3. The Balaban J connectivity index is 1.57. The number of nitrogens with zero attached hydrogens (tertiary/aromatic N) is 4. The number of hydrogen-bond acceptors (Lipinski definition) is 9. The summed E-state index contributed by atoms with van der Waals surface area (Å²) < 4.78 is 73.0. The van der Waals surface area contributed by atoms with Crippen molar-refractivity contribution >= 4 is 51.5 Å². The number of hydrogen-bond donors (Lipinski definition) is 1. The number of benzene rings is 2. The van der Waals surface area contributed by atoms with E-state index in [2.05, 4.69) is 20.1 Å². The third-order valence-electron chi connectivity index (χ3n) is 6.98. The van der Waals surface area contributed by atoms with Gasteiger partial charge in [-0.05, 0) is 49.8 Å². The predicted octanol–water partition coefficient (Wildman–Crippen LogP) is 5.99. The van der Waals surface area contributed by atoms with Gasteiger partial charge in [-0.3, -0.25) is 19.2 Å². The minimum Gasteiger partial charge on any atom is -0.418 e. The number of unbranched alkanes of at least 4 members (excludes halogenated alkanes) is 1. The van der Waals surface area contributed by atoms with Gasteiger partial charge in [0, 0.05) is 47.9 Å². The molecule has 48 heavy (non-hydrogen) atoms. The van der Waals surface area contributed by atoms with Crippen molar-refractivity contribution in [3.63, 3.8) is 0 Å². The van der Waals surface area contributed by atoms with E-state index in [0.29, 0.717) is 29.5 Å². The van der Waals surface area contributed by atoms with Crippen molar-refractivity contribution in [3.8, 4) is 5.75 Å². The Morgan fingerprint density at radius 2 is 1.62 bits per heavy atom. The monoisotopic (exact) mass is 715 g/mol. The molecule has 11 nitrogen and oxygen atoms in total. The molecule has 258 valence electrons. The molecule has 2 amide bonds. The van der Waals surface area contributed by atoms with Crippen molar-refractivity contribution in [3.05, 3.63) is 69.9 Å². The molecule has 1 heterocycles. The Bertz CT molecular complexity index is 1540. The first-order chi connectivity index (χ1) is 22.9. The Morgan fingerprint density at radius 1 is 0.958 bits per heavy atom. The fraction of sp³-hybridized carbons (Fsp3) is 0.433. The Labute approximate surface area is 279 Å². The number of carbonyl (C=O) groups excluding carboxylic acids is 5. The van der Waals surface area contributed by atoms with Gasteiger partial charge >= 0.3 is 5.97 Å². The molecule has 1 fully saturated rings. The van der Waals surface area contributed by atoms with E-state index >= 15 is 0 Å². The van der Waals surface area contributed by atoms with Gasteiger partial charge in [-0.1, -0.05) is 46.8 Å². The van der Waals surface area contributed by atoms with Crippen LogP contribution in [0.4, 0.5) is 22.0 Å². The van der Waals surface area contributed by atoms with E-state index in [1.54, 1.807) is 30.3 Å². The standard InChI is InChI=1S/C30H30F5N5O6S2/c31-23-24(32)26(34)28(27(35)25(23)33)46-29(44)19-9-6-15-40(19)21(42)13-16-47-30(45)18(38-20(41)10-4-5-14-37-39-36)11-12-22(43)48-17-7-2-1-3-8-17/h1-3,7-8,18-19H,4-6,9-16H2,(H,38,41)/t18-,19+/m0/s1. The van der Waals surface area contributed by atoms with Crippen LogP contribution in [0.1, 0.15) is 51.4 Å². The summed E-state index contributed by atoms with van der Waals surface area (Å²) in [5.74, 6) is -16.0. The lowest BCUT2D eigenvalue weighted by Crippen LogP contribution is -2.43. The Morgan fingerprint density at radius 3 is 2.29 bits per heavy atom. The van der Waals surface area contributed by atoms with Crippen LogP contribution in [0, 0.1) is 29.1 Å². The molecule has 0 saturated carbocycles. The van der Waals surface area contributed by atoms with Gasteiger partial charge in [-0.15, -0.1) is 0 Å². The van der Waals surface area contributed by atoms with Gasteiger partial charge in [0.1, 0.15) is 6.04 Å². The summed E-state index contributed by atoms with van der Waals surface area (Å²) in [6.07, 6.45) is 0.807. The molecule has 2 aromatic carbocycles. The fourth-order valence-corrected chi connectivity index (χ4v) is 6.23. The molecular formula is C30H30F5N5O6S2. The molecule has 0 aliphatic carbocycles. The third kappa shape index (κ3) is 11.0. The molecule has 0 bridgehead atoms. The van der Waals surface area contributed by atoms with Crippen LogP contribution in [0.25, 0.3) is 10.4 Å². The molecule has 0 unspecified atom stereocenters. The van der Waals surface area contributed by atoms with Crippen LogP contribution in [-0.2, 0) is 24.0 Å². The topological polar surface area (TPSA) is 159 Å². The molecule has 1 aliphatic heterocycles. The van der Waals surface area contributed by atoms with Crippen LogP contribution in [0.5, 0.6) is 5.75 Å². The van der Waals surface area contributed by atoms with E-state index in [9.17, 15) is 45.9 Å². The number of esters is 1. The van der Waals surface area contributed by atoms with Crippen LogP contribution >= 0.6 is 23.5 Å². The van der Waals surface area contributed by atoms with Crippen molar-refractivity contribution in [1.82, 2.24) is 10.2 Å². The second-order valence-electron chi connectivity index (χ2n) is 10.3. The number of ether oxygens (including phenoxy) is 1. The lowest BCUT2D eigenvalue weighted by atomic mass is 10.1. The first kappa shape index (κ1) is 38.3. The van der Waals surface area contributed by atoms with Crippen LogP contribution < -0.4 is 10.1 Å². The van der Waals surface area contributed by atoms with Gasteiger partial charge in [0.15, 0.2) is 5.12 Å². The van der Waals surface area contributed by atoms with Crippen LogP contribution in [0.3, 0.4) is 0 Å². The minimum absolute atomic E-state index is 0.00195. The number of amides is 2. The highest BCUT2D eigenvalue weighted by Crippen LogP contribution is 2.31. The third-order valence-corrected chi connectivity index (χ3v) is 8.90. The normalized spacial score (nSPS) is 14.6.